The van der Waals surface area contributed by atoms with Crippen LogP contribution >= 0.6 is 23.1 Å². The van der Waals surface area contributed by atoms with Crippen molar-refractivity contribution in [2.75, 3.05) is 19.5 Å². The first-order valence-electron chi connectivity index (χ1n) is 5.48. The van der Waals surface area contributed by atoms with Gasteiger partial charge in [-0.15, -0.1) is 11.3 Å². The molecule has 0 fully saturated rings. The Balaban J connectivity index is 2.90. The SMILES string of the molecule is CCOC(=O)Cc1nc(SC)sc1C(=O)OCC. The van der Waals surface area contributed by atoms with Gasteiger partial charge < -0.3 is 9.47 Å². The topological polar surface area (TPSA) is 65.5 Å². The fraction of sp³-hybridized carbons (Fsp3) is 0.545. The summed E-state index contributed by atoms with van der Waals surface area (Å²) in [4.78, 5) is 27.8. The van der Waals surface area contributed by atoms with Gasteiger partial charge in [0, 0.05) is 0 Å². The number of esters is 2. The van der Waals surface area contributed by atoms with Crippen LogP contribution in [0.15, 0.2) is 4.34 Å². The van der Waals surface area contributed by atoms with Gasteiger partial charge in [0.25, 0.3) is 0 Å². The number of thiazole rings is 1. The Hall–Kier alpha value is -1.08. The molecular formula is C11H15NO4S2. The Morgan fingerprint density at radius 3 is 2.50 bits per heavy atom. The van der Waals surface area contributed by atoms with Crippen molar-refractivity contribution in [1.82, 2.24) is 4.98 Å². The normalized spacial score (nSPS) is 10.2. The maximum Gasteiger partial charge on any atom is 0.350 e. The maximum atomic E-state index is 11.7. The summed E-state index contributed by atoms with van der Waals surface area (Å²) in [6.45, 7) is 4.08. The highest BCUT2D eigenvalue weighted by atomic mass is 32.2. The number of hydrogen-bond donors (Lipinski definition) is 0. The molecule has 0 aliphatic carbocycles. The number of aromatic nitrogens is 1. The molecule has 1 aromatic rings. The number of ether oxygens (including phenoxy) is 2. The predicted octanol–water partition coefficient (Wildman–Crippen LogP) is 2.15. The number of hydrogen-bond acceptors (Lipinski definition) is 7. The van der Waals surface area contributed by atoms with E-state index in [2.05, 4.69) is 4.98 Å². The second-order valence-corrected chi connectivity index (χ2v) is 5.21. The second-order valence-electron chi connectivity index (χ2n) is 3.16. The van der Waals surface area contributed by atoms with Gasteiger partial charge >= 0.3 is 11.9 Å². The van der Waals surface area contributed by atoms with Crippen LogP contribution < -0.4 is 0 Å². The molecule has 0 radical (unpaired) electrons. The molecule has 0 N–H and O–H groups in total. The van der Waals surface area contributed by atoms with Crippen molar-refractivity contribution >= 4 is 35.0 Å². The van der Waals surface area contributed by atoms with Crippen LogP contribution in [0.3, 0.4) is 0 Å². The van der Waals surface area contributed by atoms with Gasteiger partial charge in [0.15, 0.2) is 4.34 Å². The van der Waals surface area contributed by atoms with Crippen molar-refractivity contribution in [1.29, 1.82) is 0 Å². The lowest BCUT2D eigenvalue weighted by Gasteiger charge is -2.02. The van der Waals surface area contributed by atoms with E-state index in [1.54, 1.807) is 13.8 Å². The summed E-state index contributed by atoms with van der Waals surface area (Å²) in [5.74, 6) is -0.824. The first-order valence-corrected chi connectivity index (χ1v) is 7.52. The van der Waals surface area contributed by atoms with Crippen LogP contribution in [0.2, 0.25) is 0 Å². The van der Waals surface area contributed by atoms with Crippen molar-refractivity contribution in [2.24, 2.45) is 0 Å². The van der Waals surface area contributed by atoms with Gasteiger partial charge in [-0.2, -0.15) is 0 Å². The van der Waals surface area contributed by atoms with Gasteiger partial charge in [-0.3, -0.25) is 4.79 Å². The lowest BCUT2D eigenvalue weighted by molar-refractivity contribution is -0.142. The van der Waals surface area contributed by atoms with Crippen LogP contribution in [-0.2, 0) is 20.7 Å². The average molecular weight is 289 g/mol. The van der Waals surface area contributed by atoms with Gasteiger partial charge in [0.05, 0.1) is 25.3 Å². The highest BCUT2D eigenvalue weighted by Gasteiger charge is 2.21. The Morgan fingerprint density at radius 2 is 1.94 bits per heavy atom. The first-order chi connectivity index (χ1) is 8.62. The summed E-state index contributed by atoms with van der Waals surface area (Å²) in [5, 5.41) is 0. The quantitative estimate of drug-likeness (QED) is 0.590. The van der Waals surface area contributed by atoms with Gasteiger partial charge in [-0.05, 0) is 20.1 Å². The van der Waals surface area contributed by atoms with E-state index in [0.29, 0.717) is 23.8 Å². The van der Waals surface area contributed by atoms with Gasteiger partial charge in [0.2, 0.25) is 0 Å². The number of carbonyl (C=O) groups excluding carboxylic acids is 2. The molecule has 100 valence electrons. The van der Waals surface area contributed by atoms with E-state index in [-0.39, 0.29) is 12.4 Å². The second kappa shape index (κ2) is 7.38. The molecule has 0 amide bonds. The van der Waals surface area contributed by atoms with Crippen LogP contribution in [0.1, 0.15) is 29.2 Å². The summed E-state index contributed by atoms with van der Waals surface area (Å²) in [5.41, 5.74) is 0.432. The van der Waals surface area contributed by atoms with Gasteiger partial charge in [-0.1, -0.05) is 11.8 Å². The Morgan fingerprint density at radius 1 is 1.28 bits per heavy atom. The average Bonchev–Trinajstić information content (AvgIpc) is 2.73. The molecule has 7 heteroatoms. The molecule has 0 saturated heterocycles. The molecule has 0 saturated carbocycles. The molecule has 1 rings (SSSR count). The zero-order chi connectivity index (χ0) is 13.5. The Kier molecular flexibility index (Phi) is 6.14. The van der Waals surface area contributed by atoms with Crippen LogP contribution in [0.5, 0.6) is 0 Å². The van der Waals surface area contributed by atoms with Crippen molar-refractivity contribution in [3.05, 3.63) is 10.6 Å². The summed E-state index contributed by atoms with van der Waals surface area (Å²) >= 11 is 2.66. The molecule has 0 unspecified atom stereocenters. The van der Waals surface area contributed by atoms with Crippen LogP contribution in [-0.4, -0.2) is 36.4 Å². The minimum atomic E-state index is -0.436. The van der Waals surface area contributed by atoms with E-state index < -0.39 is 5.97 Å². The molecule has 1 aromatic heterocycles. The lowest BCUT2D eigenvalue weighted by Crippen LogP contribution is -2.12. The molecule has 0 spiro atoms. The highest BCUT2D eigenvalue weighted by molar-refractivity contribution is 8.00. The monoisotopic (exact) mass is 289 g/mol. The molecule has 0 aromatic carbocycles. The third kappa shape index (κ3) is 3.99. The summed E-state index contributed by atoms with van der Waals surface area (Å²) in [6, 6.07) is 0. The molecule has 18 heavy (non-hydrogen) atoms. The molecule has 0 aliphatic rings. The number of thioether (sulfide) groups is 1. The number of carbonyl (C=O) groups is 2. The minimum absolute atomic E-state index is 0.000945. The van der Waals surface area contributed by atoms with Crippen molar-refractivity contribution in [3.8, 4) is 0 Å². The third-order valence-corrected chi connectivity index (χ3v) is 3.99. The lowest BCUT2D eigenvalue weighted by atomic mass is 10.3. The number of nitrogens with zero attached hydrogens (tertiary/aromatic N) is 1. The van der Waals surface area contributed by atoms with E-state index in [4.69, 9.17) is 9.47 Å². The zero-order valence-electron chi connectivity index (χ0n) is 10.5. The van der Waals surface area contributed by atoms with Crippen molar-refractivity contribution < 1.29 is 19.1 Å². The predicted molar refractivity (Wildman–Crippen MR) is 70.2 cm³/mol. The minimum Gasteiger partial charge on any atom is -0.466 e. The molecule has 0 atom stereocenters. The Labute approximate surface area is 114 Å². The molecule has 5 nitrogen and oxygen atoms in total. The maximum absolute atomic E-state index is 11.7. The number of rotatable bonds is 6. The fourth-order valence-corrected chi connectivity index (χ4v) is 2.74. The Bertz CT molecular complexity index is 431. The van der Waals surface area contributed by atoms with E-state index >= 15 is 0 Å². The van der Waals surface area contributed by atoms with E-state index in [9.17, 15) is 9.59 Å². The van der Waals surface area contributed by atoms with E-state index in [0.717, 1.165) is 4.34 Å². The summed E-state index contributed by atoms with van der Waals surface area (Å²) in [6.07, 6.45) is 1.86. The largest absolute Gasteiger partial charge is 0.466 e. The zero-order valence-corrected chi connectivity index (χ0v) is 12.2. The van der Waals surface area contributed by atoms with Crippen molar-refractivity contribution in [2.45, 2.75) is 24.6 Å². The molecule has 0 aliphatic heterocycles. The molecular weight excluding hydrogens is 274 g/mol. The van der Waals surface area contributed by atoms with Crippen molar-refractivity contribution in [3.63, 3.8) is 0 Å². The summed E-state index contributed by atoms with van der Waals surface area (Å²) in [7, 11) is 0. The standard InChI is InChI=1S/C11H15NO4S2/c1-4-15-8(13)6-7-9(10(14)16-5-2)18-11(12-7)17-3/h4-6H2,1-3H3. The van der Waals surface area contributed by atoms with E-state index in [1.807, 2.05) is 6.26 Å². The van der Waals surface area contributed by atoms with Crippen LogP contribution in [0.25, 0.3) is 0 Å². The van der Waals surface area contributed by atoms with Crippen LogP contribution in [0, 0.1) is 0 Å². The first kappa shape index (κ1) is 15.0. The fourth-order valence-electron chi connectivity index (χ4n) is 1.24. The third-order valence-electron chi connectivity index (χ3n) is 1.93. The highest BCUT2D eigenvalue weighted by Crippen LogP contribution is 2.27. The van der Waals surface area contributed by atoms with Gasteiger partial charge in [0.1, 0.15) is 4.88 Å². The van der Waals surface area contributed by atoms with Gasteiger partial charge in [-0.25, -0.2) is 9.78 Å². The molecule has 1 heterocycles. The smallest absolute Gasteiger partial charge is 0.350 e. The van der Waals surface area contributed by atoms with Crippen LogP contribution in [0.4, 0.5) is 0 Å². The summed E-state index contributed by atoms with van der Waals surface area (Å²) < 4.78 is 10.5. The van der Waals surface area contributed by atoms with E-state index in [1.165, 1.54) is 23.1 Å². The molecule has 0 bridgehead atoms.